The Morgan fingerprint density at radius 1 is 1.04 bits per heavy atom. The van der Waals surface area contributed by atoms with Crippen LogP contribution in [0, 0.1) is 0 Å². The highest BCUT2D eigenvalue weighted by Crippen LogP contribution is 2.27. The third-order valence-corrected chi connectivity index (χ3v) is 10.8. The Labute approximate surface area is 292 Å². The first-order valence-electron chi connectivity index (χ1n) is 15.4. The number of aromatic nitrogens is 2. The van der Waals surface area contributed by atoms with Crippen molar-refractivity contribution >= 4 is 67.0 Å². The van der Waals surface area contributed by atoms with E-state index >= 15 is 0 Å². The van der Waals surface area contributed by atoms with Crippen LogP contribution in [0.3, 0.4) is 0 Å². The second-order valence-electron chi connectivity index (χ2n) is 11.2. The van der Waals surface area contributed by atoms with Gasteiger partial charge in [-0.15, -0.1) is 22.7 Å². The molecule has 1 saturated heterocycles. The summed E-state index contributed by atoms with van der Waals surface area (Å²) in [6.45, 7) is 5.01. The van der Waals surface area contributed by atoms with Crippen LogP contribution >= 0.6 is 22.7 Å². The van der Waals surface area contributed by atoms with Gasteiger partial charge in [0.05, 0.1) is 28.5 Å². The molecule has 0 saturated carbocycles. The average molecular weight is 727 g/mol. The highest BCUT2D eigenvalue weighted by Gasteiger charge is 2.25. The van der Waals surface area contributed by atoms with Gasteiger partial charge < -0.3 is 32.1 Å². The van der Waals surface area contributed by atoms with Crippen LogP contribution in [-0.2, 0) is 27.9 Å². The molecule has 1 aliphatic rings. The quantitative estimate of drug-likeness (QED) is 0.0557. The number of guanidine groups is 1. The number of carboxylic acids is 1. The van der Waals surface area contributed by atoms with Crippen LogP contribution in [0.5, 0.6) is 0 Å². The van der Waals surface area contributed by atoms with Gasteiger partial charge in [0.15, 0.2) is 11.1 Å². The van der Waals surface area contributed by atoms with Crippen molar-refractivity contribution in [2.24, 2.45) is 16.5 Å². The Morgan fingerprint density at radius 3 is 2.59 bits per heavy atom. The molecule has 3 aromatic heterocycles. The molecule has 18 heteroatoms. The molecule has 0 aliphatic carbocycles. The summed E-state index contributed by atoms with van der Waals surface area (Å²) >= 11 is 2.57. The normalized spacial score (nSPS) is 14.2. The number of nitrogens with two attached hydrogens (primary N) is 2. The number of amides is 1. The van der Waals surface area contributed by atoms with Gasteiger partial charge in [-0.25, -0.2) is 18.2 Å². The zero-order chi connectivity index (χ0) is 34.8. The molecule has 15 nitrogen and oxygen atoms in total. The van der Waals surface area contributed by atoms with E-state index in [4.69, 9.17) is 16.5 Å². The Kier molecular flexibility index (Phi) is 12.0. The highest BCUT2D eigenvalue weighted by atomic mass is 32.2. The molecule has 260 valence electrons. The number of aliphatic carboxylic acids is 1. The monoisotopic (exact) mass is 726 g/mol. The van der Waals surface area contributed by atoms with Gasteiger partial charge in [-0.3, -0.25) is 24.4 Å². The number of benzene rings is 1. The standard InChI is InChI=1S/C31H38N10O5S3/c32-30(33)35-11-4-8-26(29(43)44)38-28(42)27-25(9-16-47-27)39-49(45,46)24-7-3-6-21(17-24)36-18-23-20-48-31(37-23)41-14-12-40(13-15-41)19-22-5-1-2-10-34-22/h1-3,5-7,9-10,16-17,20,26,36,39H,4,8,11-15,18-19H2,(H,38,42)(H,43,44)(H4,32,33,35). The van der Waals surface area contributed by atoms with E-state index in [0.29, 0.717) is 18.7 Å². The van der Waals surface area contributed by atoms with E-state index in [1.54, 1.807) is 28.8 Å². The van der Waals surface area contributed by atoms with Crippen molar-refractivity contribution in [2.45, 2.75) is 36.9 Å². The number of nitrogens with one attached hydrogen (secondary N) is 3. The minimum Gasteiger partial charge on any atom is -0.480 e. The Morgan fingerprint density at radius 2 is 1.86 bits per heavy atom. The number of thiophene rings is 1. The Bertz CT molecular complexity index is 1850. The Balaban J connectivity index is 1.14. The summed E-state index contributed by atoms with van der Waals surface area (Å²) in [5.74, 6) is -2.06. The topological polar surface area (TPSA) is 221 Å². The van der Waals surface area contributed by atoms with E-state index in [0.717, 1.165) is 60.6 Å². The number of carbonyl (C=O) groups is 2. The lowest BCUT2D eigenvalue weighted by molar-refractivity contribution is -0.139. The number of hydrogen-bond donors (Lipinski definition) is 6. The first-order valence-corrected chi connectivity index (χ1v) is 18.7. The molecule has 1 aliphatic heterocycles. The fourth-order valence-electron chi connectivity index (χ4n) is 5.06. The number of rotatable bonds is 16. The summed E-state index contributed by atoms with van der Waals surface area (Å²) in [5, 5.41) is 19.8. The maximum absolute atomic E-state index is 13.3. The minimum absolute atomic E-state index is 0.0132. The fourth-order valence-corrected chi connectivity index (χ4v) is 7.87. The molecule has 49 heavy (non-hydrogen) atoms. The molecule has 1 fully saturated rings. The number of pyridine rings is 1. The number of piperazine rings is 1. The van der Waals surface area contributed by atoms with Crippen molar-refractivity contribution in [1.29, 1.82) is 0 Å². The molecule has 1 atom stereocenters. The second-order valence-corrected chi connectivity index (χ2v) is 14.6. The Hall–Kier alpha value is -4.78. The lowest BCUT2D eigenvalue weighted by Gasteiger charge is -2.34. The zero-order valence-electron chi connectivity index (χ0n) is 26.5. The summed E-state index contributed by atoms with van der Waals surface area (Å²) in [7, 11) is -4.10. The third-order valence-electron chi connectivity index (χ3n) is 7.58. The first kappa shape index (κ1) is 35.5. The van der Waals surface area contributed by atoms with Crippen LogP contribution in [0.2, 0.25) is 0 Å². The van der Waals surface area contributed by atoms with Gasteiger partial charge in [0.2, 0.25) is 0 Å². The summed E-state index contributed by atoms with van der Waals surface area (Å²) in [4.78, 5) is 42.4. The number of aliphatic imine (C=N–C) groups is 1. The van der Waals surface area contributed by atoms with Gasteiger partial charge in [-0.2, -0.15) is 0 Å². The molecule has 4 aromatic rings. The number of thiazole rings is 1. The molecule has 5 rings (SSSR count). The van der Waals surface area contributed by atoms with Gasteiger partial charge in [-0.05, 0) is 54.6 Å². The summed E-state index contributed by atoms with van der Waals surface area (Å²) < 4.78 is 29.2. The van der Waals surface area contributed by atoms with Crippen molar-refractivity contribution in [1.82, 2.24) is 20.2 Å². The molecule has 0 bridgehead atoms. The van der Waals surface area contributed by atoms with Crippen LogP contribution in [-0.4, -0.2) is 85.0 Å². The van der Waals surface area contributed by atoms with Crippen LogP contribution in [0.1, 0.15) is 33.9 Å². The fraction of sp³-hybridized carbons (Fsp3) is 0.323. The molecule has 1 unspecified atom stereocenters. The number of carboxylic acid groups (broad SMARTS) is 1. The molecular formula is C31H38N10O5S3. The van der Waals surface area contributed by atoms with E-state index in [1.165, 1.54) is 18.2 Å². The van der Waals surface area contributed by atoms with Gasteiger partial charge in [0.1, 0.15) is 10.9 Å². The first-order chi connectivity index (χ1) is 23.6. The van der Waals surface area contributed by atoms with Crippen molar-refractivity contribution in [2.75, 3.05) is 47.7 Å². The minimum atomic E-state index is -4.10. The number of hydrogen-bond acceptors (Lipinski definition) is 12. The summed E-state index contributed by atoms with van der Waals surface area (Å²) in [5.41, 5.74) is 13.1. The van der Waals surface area contributed by atoms with Crippen LogP contribution in [0.25, 0.3) is 0 Å². The second kappa shape index (κ2) is 16.6. The predicted molar refractivity (Wildman–Crippen MR) is 192 cm³/mol. The van der Waals surface area contributed by atoms with Crippen LogP contribution in [0.4, 0.5) is 16.5 Å². The van der Waals surface area contributed by atoms with Crippen molar-refractivity contribution in [3.63, 3.8) is 0 Å². The third kappa shape index (κ3) is 10.1. The molecule has 0 radical (unpaired) electrons. The van der Waals surface area contributed by atoms with E-state index in [-0.39, 0.29) is 34.4 Å². The molecule has 1 aromatic carbocycles. The average Bonchev–Trinajstić information content (AvgIpc) is 3.76. The van der Waals surface area contributed by atoms with Crippen LogP contribution < -0.4 is 31.7 Å². The van der Waals surface area contributed by atoms with Gasteiger partial charge in [0, 0.05) is 56.5 Å². The largest absolute Gasteiger partial charge is 0.480 e. The van der Waals surface area contributed by atoms with Crippen molar-refractivity contribution < 1.29 is 23.1 Å². The maximum Gasteiger partial charge on any atom is 0.326 e. The van der Waals surface area contributed by atoms with E-state index < -0.39 is 27.9 Å². The number of nitrogens with zero attached hydrogens (tertiary/aromatic N) is 5. The molecule has 4 heterocycles. The van der Waals surface area contributed by atoms with Crippen LogP contribution in [0.15, 0.2) is 75.4 Å². The van der Waals surface area contributed by atoms with Crippen molar-refractivity contribution in [3.8, 4) is 0 Å². The van der Waals surface area contributed by atoms with Crippen molar-refractivity contribution in [3.05, 3.63) is 81.8 Å². The maximum atomic E-state index is 13.3. The van der Waals surface area contributed by atoms with Gasteiger partial charge in [-0.1, -0.05) is 12.1 Å². The summed E-state index contributed by atoms with van der Waals surface area (Å²) in [6.07, 6.45) is 2.21. The highest BCUT2D eigenvalue weighted by molar-refractivity contribution is 7.92. The van der Waals surface area contributed by atoms with E-state index in [9.17, 15) is 23.1 Å². The molecule has 8 N–H and O–H groups in total. The predicted octanol–water partition coefficient (Wildman–Crippen LogP) is 2.57. The smallest absolute Gasteiger partial charge is 0.326 e. The van der Waals surface area contributed by atoms with E-state index in [2.05, 4.69) is 35.1 Å². The number of sulfonamides is 1. The number of anilines is 3. The van der Waals surface area contributed by atoms with Gasteiger partial charge >= 0.3 is 5.97 Å². The lowest BCUT2D eigenvalue weighted by atomic mass is 10.1. The zero-order valence-corrected chi connectivity index (χ0v) is 28.9. The van der Waals surface area contributed by atoms with E-state index in [1.807, 2.05) is 29.8 Å². The van der Waals surface area contributed by atoms with Gasteiger partial charge in [0.25, 0.3) is 15.9 Å². The molecule has 1 amide bonds. The molecule has 0 spiro atoms. The summed E-state index contributed by atoms with van der Waals surface area (Å²) in [6, 6.07) is 12.5. The molecular weight excluding hydrogens is 689 g/mol. The number of carbonyl (C=O) groups excluding carboxylic acids is 1. The lowest BCUT2D eigenvalue weighted by Crippen LogP contribution is -2.46. The SMILES string of the molecule is NC(N)=NCCCC(NC(=O)c1sccc1NS(=O)(=O)c1cccc(NCc2csc(N3CCN(Cc4ccccn4)CC3)n2)c1)C(=O)O.